The van der Waals surface area contributed by atoms with Crippen molar-refractivity contribution in [3.8, 4) is 5.75 Å². The Hall–Kier alpha value is -1.63. The Morgan fingerprint density at radius 1 is 1.27 bits per heavy atom. The molecule has 1 aromatic carbocycles. The van der Waals surface area contributed by atoms with Crippen molar-refractivity contribution in [3.05, 3.63) is 41.5 Å². The fourth-order valence-corrected chi connectivity index (χ4v) is 1.99. The van der Waals surface area contributed by atoms with Gasteiger partial charge in [-0.1, -0.05) is 23.4 Å². The maximum atomic E-state index is 5.95. The Kier molecular flexibility index (Phi) is 6.34. The summed E-state index contributed by atoms with van der Waals surface area (Å²) in [4.78, 5) is 6.41. The predicted octanol–water partition coefficient (Wildman–Crippen LogP) is 2.33. The third-order valence-corrected chi connectivity index (χ3v) is 3.08. The molecule has 0 saturated carbocycles. The molecule has 0 amide bonds. The molecule has 0 radical (unpaired) electrons. The van der Waals surface area contributed by atoms with Crippen LogP contribution in [-0.2, 0) is 18.6 Å². The number of nitrogens with zero attached hydrogens (tertiary/aromatic N) is 3. The molecule has 1 aromatic heterocycles. The van der Waals surface area contributed by atoms with Gasteiger partial charge < -0.3 is 15.0 Å². The third-order valence-electron chi connectivity index (χ3n) is 3.08. The smallest absolute Gasteiger partial charge is 0.240 e. The predicted molar refractivity (Wildman–Crippen MR) is 86.9 cm³/mol. The lowest BCUT2D eigenvalue weighted by Crippen LogP contribution is -2.30. The number of aromatic nitrogens is 2. The summed E-state index contributed by atoms with van der Waals surface area (Å²) in [6.45, 7) is 4.98. The monoisotopic (exact) mass is 326 g/mol. The van der Waals surface area contributed by atoms with Gasteiger partial charge in [0.05, 0.1) is 19.2 Å². The van der Waals surface area contributed by atoms with E-state index in [4.69, 9.17) is 15.0 Å². The van der Waals surface area contributed by atoms with Gasteiger partial charge in [-0.2, -0.15) is 4.98 Å². The molecule has 122 valence electrons. The van der Waals surface area contributed by atoms with Gasteiger partial charge in [0.25, 0.3) is 0 Å². The van der Waals surface area contributed by atoms with Crippen molar-refractivity contribution in [1.29, 1.82) is 0 Å². The zero-order valence-electron chi connectivity index (χ0n) is 13.4. The first-order valence-corrected chi connectivity index (χ1v) is 6.82. The molecular weight excluding hydrogens is 304 g/mol. The van der Waals surface area contributed by atoms with Crippen molar-refractivity contribution in [2.24, 2.45) is 5.73 Å². The molecule has 0 unspecified atom stereocenters. The second-order valence-electron chi connectivity index (χ2n) is 5.72. The van der Waals surface area contributed by atoms with Gasteiger partial charge in [-0.05, 0) is 27.0 Å². The molecule has 1 heterocycles. The first-order valence-electron chi connectivity index (χ1n) is 6.82. The summed E-state index contributed by atoms with van der Waals surface area (Å²) in [6.07, 6.45) is 0. The van der Waals surface area contributed by atoms with Crippen molar-refractivity contribution in [2.75, 3.05) is 14.2 Å². The zero-order chi connectivity index (χ0) is 15.5. The Labute approximate surface area is 137 Å². The minimum Gasteiger partial charge on any atom is -0.496 e. The maximum absolute atomic E-state index is 5.95. The summed E-state index contributed by atoms with van der Waals surface area (Å²) >= 11 is 0. The summed E-state index contributed by atoms with van der Waals surface area (Å²) in [5.41, 5.74) is 6.47. The molecule has 7 heteroatoms. The van der Waals surface area contributed by atoms with Crippen LogP contribution >= 0.6 is 12.4 Å². The number of methoxy groups -OCH3 is 1. The van der Waals surface area contributed by atoms with Gasteiger partial charge in [-0.15, -0.1) is 12.4 Å². The van der Waals surface area contributed by atoms with E-state index in [0.29, 0.717) is 18.3 Å². The Bertz CT molecular complexity index is 595. The minimum atomic E-state index is -0.594. The lowest BCUT2D eigenvalue weighted by Gasteiger charge is -2.16. The Morgan fingerprint density at radius 3 is 2.55 bits per heavy atom. The van der Waals surface area contributed by atoms with Crippen LogP contribution in [-0.4, -0.2) is 29.2 Å². The number of ether oxygens (including phenoxy) is 1. The van der Waals surface area contributed by atoms with Crippen LogP contribution in [0, 0.1) is 0 Å². The molecule has 0 fully saturated rings. The molecule has 0 saturated heterocycles. The van der Waals surface area contributed by atoms with E-state index in [0.717, 1.165) is 17.9 Å². The molecular formula is C15H23ClN4O2. The van der Waals surface area contributed by atoms with Crippen LogP contribution in [0.5, 0.6) is 5.75 Å². The van der Waals surface area contributed by atoms with Gasteiger partial charge >= 0.3 is 0 Å². The summed E-state index contributed by atoms with van der Waals surface area (Å²) in [5, 5.41) is 3.92. The number of hydrogen-bond donors (Lipinski definition) is 1. The summed E-state index contributed by atoms with van der Waals surface area (Å²) in [6, 6.07) is 7.94. The zero-order valence-corrected chi connectivity index (χ0v) is 14.2. The van der Waals surface area contributed by atoms with Crippen molar-refractivity contribution >= 4 is 12.4 Å². The van der Waals surface area contributed by atoms with E-state index in [9.17, 15) is 0 Å². The van der Waals surface area contributed by atoms with Gasteiger partial charge in [0.15, 0.2) is 5.82 Å². The van der Waals surface area contributed by atoms with Crippen LogP contribution in [0.1, 0.15) is 31.1 Å². The van der Waals surface area contributed by atoms with E-state index < -0.39 is 5.54 Å². The topological polar surface area (TPSA) is 77.4 Å². The quantitative estimate of drug-likeness (QED) is 0.877. The highest BCUT2D eigenvalue weighted by Crippen LogP contribution is 2.19. The maximum Gasteiger partial charge on any atom is 0.240 e. The minimum absolute atomic E-state index is 0. The molecule has 0 atom stereocenters. The molecule has 6 nitrogen and oxygen atoms in total. The number of rotatable bonds is 6. The van der Waals surface area contributed by atoms with Gasteiger partial charge in [-0.25, -0.2) is 0 Å². The third kappa shape index (κ3) is 4.69. The van der Waals surface area contributed by atoms with Crippen molar-refractivity contribution in [2.45, 2.75) is 32.5 Å². The number of benzene rings is 1. The van der Waals surface area contributed by atoms with Crippen LogP contribution in [0.2, 0.25) is 0 Å². The molecule has 2 aromatic rings. The van der Waals surface area contributed by atoms with Crippen LogP contribution in [0.3, 0.4) is 0 Å². The van der Waals surface area contributed by atoms with Gasteiger partial charge in [0.1, 0.15) is 5.75 Å². The van der Waals surface area contributed by atoms with Crippen molar-refractivity contribution in [1.82, 2.24) is 15.0 Å². The highest BCUT2D eigenvalue weighted by atomic mass is 35.5. The fourth-order valence-electron chi connectivity index (χ4n) is 1.99. The standard InChI is InChI=1S/C15H22N4O2.ClH/c1-15(2,16)14-17-13(21-18-14)10-19(3)9-11-7-5-6-8-12(11)20-4;/h5-8H,9-10,16H2,1-4H3;1H. The lowest BCUT2D eigenvalue weighted by molar-refractivity contribution is 0.256. The Morgan fingerprint density at radius 2 is 1.95 bits per heavy atom. The van der Waals surface area contributed by atoms with Crippen molar-refractivity contribution in [3.63, 3.8) is 0 Å². The SMILES string of the molecule is COc1ccccc1CN(C)Cc1nc(C(C)(C)N)no1.Cl. The van der Waals surface area contributed by atoms with Crippen LogP contribution < -0.4 is 10.5 Å². The van der Waals surface area contributed by atoms with E-state index in [-0.39, 0.29) is 12.4 Å². The molecule has 2 N–H and O–H groups in total. The largest absolute Gasteiger partial charge is 0.496 e. The fraction of sp³-hybridized carbons (Fsp3) is 0.467. The summed E-state index contributed by atoms with van der Waals surface area (Å²) < 4.78 is 10.6. The molecule has 22 heavy (non-hydrogen) atoms. The van der Waals surface area contributed by atoms with Crippen molar-refractivity contribution < 1.29 is 9.26 Å². The van der Waals surface area contributed by atoms with E-state index in [1.165, 1.54) is 0 Å². The van der Waals surface area contributed by atoms with E-state index in [1.54, 1.807) is 7.11 Å². The number of nitrogens with two attached hydrogens (primary N) is 1. The summed E-state index contributed by atoms with van der Waals surface area (Å²) in [5.74, 6) is 1.95. The second-order valence-corrected chi connectivity index (χ2v) is 5.72. The number of hydrogen-bond acceptors (Lipinski definition) is 6. The van der Waals surface area contributed by atoms with Gasteiger partial charge in [0, 0.05) is 12.1 Å². The van der Waals surface area contributed by atoms with Crippen LogP contribution in [0.15, 0.2) is 28.8 Å². The average molecular weight is 327 g/mol. The molecule has 0 aliphatic heterocycles. The first-order chi connectivity index (χ1) is 9.90. The number of para-hydroxylation sites is 1. The highest BCUT2D eigenvalue weighted by Gasteiger charge is 2.21. The van der Waals surface area contributed by atoms with Crippen LogP contribution in [0.25, 0.3) is 0 Å². The normalized spacial score (nSPS) is 11.4. The molecule has 2 rings (SSSR count). The molecule has 0 aliphatic carbocycles. The first kappa shape index (κ1) is 18.4. The van der Waals surface area contributed by atoms with E-state index >= 15 is 0 Å². The van der Waals surface area contributed by atoms with Crippen LogP contribution in [0.4, 0.5) is 0 Å². The lowest BCUT2D eigenvalue weighted by atomic mass is 10.1. The van der Waals surface area contributed by atoms with E-state index in [1.807, 2.05) is 45.2 Å². The van der Waals surface area contributed by atoms with Gasteiger partial charge in [-0.3, -0.25) is 4.90 Å². The molecule has 0 aliphatic rings. The summed E-state index contributed by atoms with van der Waals surface area (Å²) in [7, 11) is 3.66. The number of halogens is 1. The Balaban J connectivity index is 0.00000242. The van der Waals surface area contributed by atoms with E-state index in [2.05, 4.69) is 15.0 Å². The molecule has 0 spiro atoms. The molecule has 0 bridgehead atoms. The second kappa shape index (κ2) is 7.58. The highest BCUT2D eigenvalue weighted by molar-refractivity contribution is 5.85. The average Bonchev–Trinajstić information content (AvgIpc) is 2.87. The van der Waals surface area contributed by atoms with Gasteiger partial charge in [0.2, 0.25) is 5.89 Å².